The standard InChI is InChI=1S/C22H27N7O4S/c1-4-34(32,33)28-10-13(2)18(12-28)27-20-16(21(23)30)9-26-29-11-15(7-19(20)29)14-5-6-17(25-8-14)22(31)24-3/h5-9,11,13,18,27H,4,10,12H2,1-3H3,(H2,23,30)(H,24,31)/t13-,18+/m0/s1. The van der Waals surface area contributed by atoms with Crippen molar-refractivity contribution >= 4 is 33.0 Å². The first-order chi connectivity index (χ1) is 16.1. The third-order valence-corrected chi connectivity index (χ3v) is 7.94. The van der Waals surface area contributed by atoms with Crippen molar-refractivity contribution in [3.8, 4) is 11.1 Å². The van der Waals surface area contributed by atoms with Gasteiger partial charge in [0, 0.05) is 49.7 Å². The SMILES string of the molecule is CCS(=O)(=O)N1C[C@H](C)[C@H](Nc2c(C(N)=O)cnn3cc(-c4ccc(C(=O)NC)nc4)cc23)C1. The molecule has 2 atom stereocenters. The zero-order chi connectivity index (χ0) is 24.6. The lowest BCUT2D eigenvalue weighted by Gasteiger charge is -2.20. The van der Waals surface area contributed by atoms with Gasteiger partial charge in [0.15, 0.2) is 0 Å². The van der Waals surface area contributed by atoms with Gasteiger partial charge >= 0.3 is 0 Å². The zero-order valence-corrected chi connectivity index (χ0v) is 20.0. The molecule has 2 amide bonds. The van der Waals surface area contributed by atoms with Crippen molar-refractivity contribution < 1.29 is 18.0 Å². The molecule has 34 heavy (non-hydrogen) atoms. The maximum atomic E-state index is 12.4. The van der Waals surface area contributed by atoms with Crippen molar-refractivity contribution in [1.29, 1.82) is 0 Å². The van der Waals surface area contributed by atoms with Gasteiger partial charge in [-0.05, 0) is 25.0 Å². The molecular weight excluding hydrogens is 458 g/mol. The monoisotopic (exact) mass is 485 g/mol. The van der Waals surface area contributed by atoms with E-state index in [0.29, 0.717) is 30.0 Å². The Morgan fingerprint density at radius 2 is 1.97 bits per heavy atom. The number of pyridine rings is 1. The summed E-state index contributed by atoms with van der Waals surface area (Å²) in [7, 11) is -1.78. The minimum absolute atomic E-state index is 0.0196. The van der Waals surface area contributed by atoms with Crippen molar-refractivity contribution in [2.24, 2.45) is 11.7 Å². The number of primary amides is 1. The minimum atomic E-state index is -3.32. The number of carbonyl (C=O) groups is 2. The van der Waals surface area contributed by atoms with Crippen LogP contribution < -0.4 is 16.4 Å². The van der Waals surface area contributed by atoms with Gasteiger partial charge in [0.25, 0.3) is 11.8 Å². The maximum absolute atomic E-state index is 12.4. The normalized spacial score (nSPS) is 18.8. The van der Waals surface area contributed by atoms with Crippen LogP contribution in [0, 0.1) is 5.92 Å². The van der Waals surface area contributed by atoms with Crippen LogP contribution in [0.4, 0.5) is 5.69 Å². The number of nitrogens with zero attached hydrogens (tertiary/aromatic N) is 4. The van der Waals surface area contributed by atoms with Crippen LogP contribution in [0.3, 0.4) is 0 Å². The molecule has 1 aliphatic rings. The number of nitrogens with one attached hydrogen (secondary N) is 2. The fourth-order valence-corrected chi connectivity index (χ4v) is 5.30. The summed E-state index contributed by atoms with van der Waals surface area (Å²) < 4.78 is 27.8. The molecule has 1 fully saturated rings. The van der Waals surface area contributed by atoms with E-state index in [2.05, 4.69) is 20.7 Å². The van der Waals surface area contributed by atoms with Gasteiger partial charge in [-0.25, -0.2) is 12.9 Å². The van der Waals surface area contributed by atoms with Crippen LogP contribution in [0.25, 0.3) is 16.6 Å². The number of fused-ring (bicyclic) bond motifs is 1. The summed E-state index contributed by atoms with van der Waals surface area (Å²) in [5.41, 5.74) is 8.80. The first-order valence-corrected chi connectivity index (χ1v) is 12.5. The molecule has 11 nitrogen and oxygen atoms in total. The predicted octanol–water partition coefficient (Wildman–Crippen LogP) is 0.937. The van der Waals surface area contributed by atoms with Crippen molar-refractivity contribution in [1.82, 2.24) is 24.2 Å². The van der Waals surface area contributed by atoms with Gasteiger partial charge in [-0.2, -0.15) is 9.40 Å². The number of nitrogens with two attached hydrogens (primary N) is 1. The van der Waals surface area contributed by atoms with Crippen molar-refractivity contribution in [3.63, 3.8) is 0 Å². The van der Waals surface area contributed by atoms with Gasteiger partial charge in [-0.15, -0.1) is 0 Å². The Balaban J connectivity index is 1.71. The van der Waals surface area contributed by atoms with E-state index in [4.69, 9.17) is 5.73 Å². The van der Waals surface area contributed by atoms with Gasteiger partial charge in [0.2, 0.25) is 10.0 Å². The topological polar surface area (TPSA) is 152 Å². The molecule has 12 heteroatoms. The Kier molecular flexibility index (Phi) is 6.28. The lowest BCUT2D eigenvalue weighted by Crippen LogP contribution is -2.33. The molecule has 4 rings (SSSR count). The quantitative estimate of drug-likeness (QED) is 0.450. The molecule has 1 aliphatic heterocycles. The van der Waals surface area contributed by atoms with E-state index in [-0.39, 0.29) is 29.2 Å². The van der Waals surface area contributed by atoms with E-state index in [1.807, 2.05) is 13.0 Å². The predicted molar refractivity (Wildman–Crippen MR) is 128 cm³/mol. The van der Waals surface area contributed by atoms with Crippen molar-refractivity contribution in [2.45, 2.75) is 19.9 Å². The molecule has 0 aromatic carbocycles. The van der Waals surface area contributed by atoms with Crippen LogP contribution in [0.1, 0.15) is 34.7 Å². The van der Waals surface area contributed by atoms with Gasteiger partial charge in [-0.1, -0.05) is 13.0 Å². The van der Waals surface area contributed by atoms with Crippen LogP contribution in [0.5, 0.6) is 0 Å². The summed E-state index contributed by atoms with van der Waals surface area (Å²) in [5, 5.41) is 10.2. The van der Waals surface area contributed by atoms with E-state index in [9.17, 15) is 18.0 Å². The van der Waals surface area contributed by atoms with E-state index in [1.165, 1.54) is 17.5 Å². The molecule has 0 radical (unpaired) electrons. The lowest BCUT2D eigenvalue weighted by molar-refractivity contribution is 0.0956. The van der Waals surface area contributed by atoms with Gasteiger partial charge < -0.3 is 16.4 Å². The van der Waals surface area contributed by atoms with E-state index in [1.54, 1.807) is 36.0 Å². The first-order valence-electron chi connectivity index (χ1n) is 10.9. The molecule has 0 spiro atoms. The zero-order valence-electron chi connectivity index (χ0n) is 19.1. The van der Waals surface area contributed by atoms with Crippen molar-refractivity contribution in [3.05, 3.63) is 48.0 Å². The molecule has 4 heterocycles. The van der Waals surface area contributed by atoms with E-state index in [0.717, 1.165) is 11.1 Å². The molecular formula is C22H27N7O4S. The second kappa shape index (κ2) is 9.03. The second-order valence-electron chi connectivity index (χ2n) is 8.31. The number of amides is 2. The number of carbonyl (C=O) groups excluding carboxylic acids is 2. The smallest absolute Gasteiger partial charge is 0.269 e. The maximum Gasteiger partial charge on any atom is 0.269 e. The lowest BCUT2D eigenvalue weighted by atomic mass is 10.1. The second-order valence-corrected chi connectivity index (χ2v) is 10.6. The Morgan fingerprint density at radius 3 is 2.59 bits per heavy atom. The molecule has 0 bridgehead atoms. The molecule has 0 unspecified atom stereocenters. The highest BCUT2D eigenvalue weighted by molar-refractivity contribution is 7.89. The fourth-order valence-electron chi connectivity index (χ4n) is 4.09. The first kappa shape index (κ1) is 23.6. The number of hydrogen-bond donors (Lipinski definition) is 3. The summed E-state index contributed by atoms with van der Waals surface area (Å²) in [6.45, 7) is 4.28. The van der Waals surface area contributed by atoms with Crippen LogP contribution in [0.2, 0.25) is 0 Å². The van der Waals surface area contributed by atoms with Gasteiger partial charge in [-0.3, -0.25) is 14.6 Å². The average molecular weight is 486 g/mol. The van der Waals surface area contributed by atoms with Crippen LogP contribution in [-0.4, -0.2) is 71.1 Å². The molecule has 180 valence electrons. The van der Waals surface area contributed by atoms with Crippen LogP contribution in [0.15, 0.2) is 36.8 Å². The highest BCUT2D eigenvalue weighted by atomic mass is 32.2. The van der Waals surface area contributed by atoms with E-state index < -0.39 is 15.9 Å². The van der Waals surface area contributed by atoms with Gasteiger partial charge in [0.05, 0.1) is 28.7 Å². The Labute approximate surface area is 197 Å². The number of aromatic nitrogens is 3. The van der Waals surface area contributed by atoms with Crippen molar-refractivity contribution in [2.75, 3.05) is 31.2 Å². The highest BCUT2D eigenvalue weighted by Crippen LogP contribution is 2.31. The fraction of sp³-hybridized carbons (Fsp3) is 0.364. The molecule has 3 aromatic heterocycles. The largest absolute Gasteiger partial charge is 0.378 e. The number of sulfonamides is 1. The third-order valence-electron chi connectivity index (χ3n) is 6.13. The molecule has 0 aliphatic carbocycles. The molecule has 4 N–H and O–H groups in total. The van der Waals surface area contributed by atoms with Crippen LogP contribution >= 0.6 is 0 Å². The Bertz CT molecular complexity index is 1350. The van der Waals surface area contributed by atoms with E-state index >= 15 is 0 Å². The summed E-state index contributed by atoms with van der Waals surface area (Å²) in [5.74, 6) is -0.864. The number of hydrogen-bond acceptors (Lipinski definition) is 7. The Hall–Kier alpha value is -3.51. The number of anilines is 1. The molecule has 0 saturated carbocycles. The Morgan fingerprint density at radius 1 is 1.21 bits per heavy atom. The average Bonchev–Trinajstić information content (AvgIpc) is 3.43. The summed E-state index contributed by atoms with van der Waals surface area (Å²) in [4.78, 5) is 28.1. The summed E-state index contributed by atoms with van der Waals surface area (Å²) >= 11 is 0. The minimum Gasteiger partial charge on any atom is -0.378 e. The summed E-state index contributed by atoms with van der Waals surface area (Å²) in [6, 6.07) is 5.04. The van der Waals surface area contributed by atoms with Gasteiger partial charge in [0.1, 0.15) is 5.69 Å². The summed E-state index contributed by atoms with van der Waals surface area (Å²) in [6.07, 6.45) is 4.77. The van der Waals surface area contributed by atoms with Crippen LogP contribution in [-0.2, 0) is 10.0 Å². The molecule has 1 saturated heterocycles. The third kappa shape index (κ3) is 4.33. The highest BCUT2D eigenvalue weighted by Gasteiger charge is 2.36. The molecule has 3 aromatic rings. The number of rotatable bonds is 7.